The monoisotopic (exact) mass is 356 g/mol. The maximum Gasteiger partial charge on any atom is 0.197 e. The quantitative estimate of drug-likeness (QED) is 0.650. The van der Waals surface area contributed by atoms with Crippen LogP contribution < -0.4 is 16.0 Å². The largest absolute Gasteiger partial charge is 0.493 e. The molecule has 0 saturated carbocycles. The first kappa shape index (κ1) is 13.9. The fourth-order valence-electron chi connectivity index (χ4n) is 2.53. The van der Waals surface area contributed by atoms with E-state index >= 15 is 0 Å². The Bertz CT molecular complexity index is 630. The summed E-state index contributed by atoms with van der Waals surface area (Å²) in [6, 6.07) is 5.86. The van der Waals surface area contributed by atoms with Crippen LogP contribution >= 0.6 is 27.5 Å². The number of fused-ring (bicyclic) bond motifs is 1. The third-order valence-electron chi connectivity index (χ3n) is 3.47. The Kier molecular flexibility index (Phi) is 4.03. The predicted octanol–water partition coefficient (Wildman–Crippen LogP) is 3.38. The van der Waals surface area contributed by atoms with E-state index in [9.17, 15) is 0 Å². The average molecular weight is 358 g/mol. The molecule has 0 amide bonds. The van der Waals surface area contributed by atoms with Gasteiger partial charge in [-0.25, -0.2) is 0 Å². The van der Waals surface area contributed by atoms with Crippen molar-refractivity contribution in [3.8, 4) is 5.75 Å². The number of benzene rings is 1. The van der Waals surface area contributed by atoms with Crippen molar-refractivity contribution in [1.29, 1.82) is 0 Å². The Balaban J connectivity index is 1.92. The molecule has 6 heteroatoms. The zero-order valence-electron chi connectivity index (χ0n) is 10.7. The fraction of sp³-hybridized carbons (Fsp3) is 0.286. The molecule has 0 radical (unpaired) electrons. The minimum Gasteiger partial charge on any atom is -0.493 e. The van der Waals surface area contributed by atoms with Gasteiger partial charge in [-0.15, -0.1) is 0 Å². The zero-order valence-corrected chi connectivity index (χ0v) is 13.0. The van der Waals surface area contributed by atoms with Gasteiger partial charge < -0.3 is 9.15 Å². The summed E-state index contributed by atoms with van der Waals surface area (Å²) < 4.78 is 11.9. The number of furan rings is 1. The molecule has 1 atom stereocenters. The van der Waals surface area contributed by atoms with Crippen LogP contribution in [-0.2, 0) is 12.8 Å². The number of ether oxygens (including phenoxy) is 1. The molecule has 1 aromatic carbocycles. The second kappa shape index (κ2) is 5.77. The summed E-state index contributed by atoms with van der Waals surface area (Å²) in [5, 5.41) is 0.362. The lowest BCUT2D eigenvalue weighted by Crippen LogP contribution is -2.29. The smallest absolute Gasteiger partial charge is 0.197 e. The molecule has 0 saturated heterocycles. The lowest BCUT2D eigenvalue weighted by Gasteiger charge is -2.17. The summed E-state index contributed by atoms with van der Waals surface area (Å²) >= 11 is 9.56. The van der Waals surface area contributed by atoms with Gasteiger partial charge in [0, 0.05) is 16.5 Å². The maximum atomic E-state index is 6.03. The number of rotatable bonds is 4. The molecule has 3 N–H and O–H groups in total. The first-order valence-corrected chi connectivity index (χ1v) is 7.49. The molecule has 0 fully saturated rings. The number of nitrogens with two attached hydrogens (primary N) is 1. The van der Waals surface area contributed by atoms with Gasteiger partial charge in [0.05, 0.1) is 18.9 Å². The normalized spacial score (nSPS) is 14.9. The lowest BCUT2D eigenvalue weighted by molar-refractivity contribution is 0.351. The van der Waals surface area contributed by atoms with Crippen LogP contribution in [0, 0.1) is 0 Å². The Labute approximate surface area is 130 Å². The third-order valence-corrected chi connectivity index (χ3v) is 4.24. The van der Waals surface area contributed by atoms with Crippen LogP contribution in [0.15, 0.2) is 33.4 Å². The van der Waals surface area contributed by atoms with Crippen molar-refractivity contribution in [3.63, 3.8) is 0 Å². The van der Waals surface area contributed by atoms with Gasteiger partial charge in [-0.1, -0.05) is 15.9 Å². The zero-order chi connectivity index (χ0) is 14.1. The van der Waals surface area contributed by atoms with Crippen LogP contribution in [0.3, 0.4) is 0 Å². The van der Waals surface area contributed by atoms with E-state index in [1.807, 2.05) is 6.07 Å². The highest BCUT2D eigenvalue weighted by Gasteiger charge is 2.22. The van der Waals surface area contributed by atoms with E-state index in [0.717, 1.165) is 34.4 Å². The van der Waals surface area contributed by atoms with Crippen LogP contribution in [0.5, 0.6) is 5.75 Å². The summed E-state index contributed by atoms with van der Waals surface area (Å²) in [5.74, 6) is 6.63. The molecule has 20 heavy (non-hydrogen) atoms. The van der Waals surface area contributed by atoms with Gasteiger partial charge in [0.25, 0.3) is 0 Å². The molecular formula is C14H14BrClN2O2. The van der Waals surface area contributed by atoms with Gasteiger partial charge in [-0.3, -0.25) is 11.3 Å². The lowest BCUT2D eigenvalue weighted by atomic mass is 9.99. The Hall–Kier alpha value is -1.01. The van der Waals surface area contributed by atoms with E-state index in [4.69, 9.17) is 26.6 Å². The summed E-state index contributed by atoms with van der Waals surface area (Å²) in [4.78, 5) is 0. The Morgan fingerprint density at radius 2 is 2.30 bits per heavy atom. The van der Waals surface area contributed by atoms with Crippen molar-refractivity contribution >= 4 is 27.5 Å². The number of hydrazine groups is 1. The molecule has 106 valence electrons. The minimum absolute atomic E-state index is 0.121. The predicted molar refractivity (Wildman–Crippen MR) is 80.8 cm³/mol. The van der Waals surface area contributed by atoms with E-state index in [-0.39, 0.29) is 6.04 Å². The Morgan fingerprint density at radius 3 is 3.00 bits per heavy atom. The van der Waals surface area contributed by atoms with Gasteiger partial charge in [0.2, 0.25) is 0 Å². The highest BCUT2D eigenvalue weighted by Crippen LogP contribution is 2.36. The molecule has 4 nitrogen and oxygen atoms in total. The molecule has 0 bridgehead atoms. The first-order chi connectivity index (χ1) is 9.69. The molecular weight excluding hydrogens is 344 g/mol. The molecule has 0 spiro atoms. The van der Waals surface area contributed by atoms with E-state index in [2.05, 4.69) is 33.5 Å². The van der Waals surface area contributed by atoms with Gasteiger partial charge in [-0.2, -0.15) is 0 Å². The number of nitrogens with one attached hydrogen (secondary N) is 1. The maximum absolute atomic E-state index is 6.03. The van der Waals surface area contributed by atoms with E-state index in [1.54, 1.807) is 6.26 Å². The molecule has 1 unspecified atom stereocenters. The van der Waals surface area contributed by atoms with Crippen molar-refractivity contribution < 1.29 is 9.15 Å². The van der Waals surface area contributed by atoms with E-state index < -0.39 is 0 Å². The third kappa shape index (κ3) is 2.59. The van der Waals surface area contributed by atoms with Gasteiger partial charge >= 0.3 is 0 Å². The van der Waals surface area contributed by atoms with Crippen LogP contribution in [-0.4, -0.2) is 6.61 Å². The minimum atomic E-state index is -0.121. The summed E-state index contributed by atoms with van der Waals surface area (Å²) in [6.45, 7) is 0.728. The molecule has 1 aliphatic heterocycles. The SMILES string of the molecule is NNC(Cc1cc(Br)cc2c1OCC2)c1ccoc1Cl. The van der Waals surface area contributed by atoms with Crippen molar-refractivity contribution in [1.82, 2.24) is 5.43 Å². The fourth-order valence-corrected chi connectivity index (χ4v) is 3.33. The van der Waals surface area contributed by atoms with Crippen molar-refractivity contribution in [2.75, 3.05) is 6.61 Å². The molecule has 1 aromatic heterocycles. The number of halogens is 2. The summed E-state index contributed by atoms with van der Waals surface area (Å²) in [6.07, 6.45) is 3.18. The van der Waals surface area contributed by atoms with Gasteiger partial charge in [0.1, 0.15) is 5.75 Å². The van der Waals surface area contributed by atoms with Crippen LogP contribution in [0.1, 0.15) is 22.7 Å². The second-order valence-corrected chi connectivity index (χ2v) is 5.98. The van der Waals surface area contributed by atoms with Crippen LogP contribution in [0.4, 0.5) is 0 Å². The van der Waals surface area contributed by atoms with Crippen LogP contribution in [0.25, 0.3) is 0 Å². The molecule has 0 aliphatic carbocycles. The van der Waals surface area contributed by atoms with Gasteiger partial charge in [-0.05, 0) is 47.3 Å². The molecule has 2 aromatic rings. The van der Waals surface area contributed by atoms with Crippen molar-refractivity contribution in [2.45, 2.75) is 18.9 Å². The summed E-state index contributed by atoms with van der Waals surface area (Å²) in [5.41, 5.74) is 5.97. The number of hydrogen-bond acceptors (Lipinski definition) is 4. The van der Waals surface area contributed by atoms with Crippen molar-refractivity contribution in [2.24, 2.45) is 5.84 Å². The number of hydrogen-bond donors (Lipinski definition) is 2. The highest BCUT2D eigenvalue weighted by atomic mass is 79.9. The molecule has 2 heterocycles. The second-order valence-electron chi connectivity index (χ2n) is 4.72. The molecule has 3 rings (SSSR count). The highest BCUT2D eigenvalue weighted by molar-refractivity contribution is 9.10. The van der Waals surface area contributed by atoms with Gasteiger partial charge in [0.15, 0.2) is 5.22 Å². The first-order valence-electron chi connectivity index (χ1n) is 6.32. The van der Waals surface area contributed by atoms with E-state index in [1.165, 1.54) is 5.56 Å². The standard InChI is InChI=1S/C14H14BrClN2O2/c15-10-5-8-1-3-19-13(8)9(6-10)7-12(18-17)11-2-4-20-14(11)16/h2,4-6,12,18H,1,3,7,17H2. The van der Waals surface area contributed by atoms with Crippen molar-refractivity contribution in [3.05, 3.63) is 50.8 Å². The topological polar surface area (TPSA) is 60.4 Å². The van der Waals surface area contributed by atoms with E-state index in [0.29, 0.717) is 11.6 Å². The average Bonchev–Trinajstić information content (AvgIpc) is 3.04. The summed E-state index contributed by atoms with van der Waals surface area (Å²) in [7, 11) is 0. The Morgan fingerprint density at radius 1 is 1.45 bits per heavy atom. The molecule has 1 aliphatic rings. The van der Waals surface area contributed by atoms with Crippen LogP contribution in [0.2, 0.25) is 5.22 Å².